The molecule has 3 aromatic rings. The summed E-state index contributed by atoms with van der Waals surface area (Å²) >= 11 is 0. The van der Waals surface area contributed by atoms with E-state index >= 15 is 0 Å². The van der Waals surface area contributed by atoms with Crippen LogP contribution in [-0.2, 0) is 16.1 Å². The third kappa shape index (κ3) is 5.72. The van der Waals surface area contributed by atoms with Crippen molar-refractivity contribution < 1.29 is 18.7 Å². The summed E-state index contributed by atoms with van der Waals surface area (Å²) in [5, 5.41) is 5.87. The number of carbonyl (C=O) groups excluding carboxylic acids is 2. The zero-order chi connectivity index (χ0) is 20.6. The maximum Gasteiger partial charge on any atom is 0.340 e. The Labute approximate surface area is 169 Å². The number of carbonyl (C=O) groups is 2. The SMILES string of the molecule is CC(C)c1ccc(NC(=O)COC(=O)c2ccccc2NCc2ccco2)cc1. The van der Waals surface area contributed by atoms with Gasteiger partial charge in [-0.15, -0.1) is 0 Å². The van der Waals surface area contributed by atoms with Crippen molar-refractivity contribution in [3.63, 3.8) is 0 Å². The summed E-state index contributed by atoms with van der Waals surface area (Å²) in [4.78, 5) is 24.6. The monoisotopic (exact) mass is 392 g/mol. The molecule has 0 aliphatic heterocycles. The number of hydrogen-bond acceptors (Lipinski definition) is 5. The van der Waals surface area contributed by atoms with Gasteiger partial charge in [-0.2, -0.15) is 0 Å². The molecule has 0 atom stereocenters. The van der Waals surface area contributed by atoms with Crippen molar-refractivity contribution in [3.05, 3.63) is 83.8 Å². The number of nitrogens with one attached hydrogen (secondary N) is 2. The Kier molecular flexibility index (Phi) is 6.68. The topological polar surface area (TPSA) is 80.6 Å². The molecule has 150 valence electrons. The van der Waals surface area contributed by atoms with E-state index in [0.29, 0.717) is 29.4 Å². The molecule has 0 aliphatic carbocycles. The van der Waals surface area contributed by atoms with E-state index in [4.69, 9.17) is 9.15 Å². The van der Waals surface area contributed by atoms with Crippen LogP contribution in [0.3, 0.4) is 0 Å². The quantitative estimate of drug-likeness (QED) is 0.538. The van der Waals surface area contributed by atoms with Gasteiger partial charge in [0.05, 0.1) is 18.4 Å². The van der Waals surface area contributed by atoms with E-state index in [2.05, 4.69) is 24.5 Å². The third-order valence-corrected chi connectivity index (χ3v) is 4.38. The van der Waals surface area contributed by atoms with Crippen LogP contribution in [0.15, 0.2) is 71.3 Å². The summed E-state index contributed by atoms with van der Waals surface area (Å²) in [6, 6.07) is 18.2. The molecule has 0 bridgehead atoms. The van der Waals surface area contributed by atoms with Gasteiger partial charge in [0.1, 0.15) is 5.76 Å². The normalized spacial score (nSPS) is 10.6. The van der Waals surface area contributed by atoms with Crippen molar-refractivity contribution >= 4 is 23.3 Å². The molecule has 0 spiro atoms. The van der Waals surface area contributed by atoms with Crippen LogP contribution in [0.5, 0.6) is 0 Å². The fourth-order valence-electron chi connectivity index (χ4n) is 2.77. The number of para-hydroxylation sites is 1. The molecule has 0 fully saturated rings. The smallest absolute Gasteiger partial charge is 0.340 e. The number of benzene rings is 2. The van der Waals surface area contributed by atoms with Crippen molar-refractivity contribution in [1.82, 2.24) is 0 Å². The third-order valence-electron chi connectivity index (χ3n) is 4.38. The summed E-state index contributed by atoms with van der Waals surface area (Å²) < 4.78 is 10.5. The van der Waals surface area contributed by atoms with Crippen LogP contribution in [0.4, 0.5) is 11.4 Å². The molecular formula is C23H24N2O4. The first-order chi connectivity index (χ1) is 14.0. The summed E-state index contributed by atoms with van der Waals surface area (Å²) in [5.74, 6) is 0.202. The van der Waals surface area contributed by atoms with Gasteiger partial charge in [0, 0.05) is 11.4 Å². The van der Waals surface area contributed by atoms with Crippen LogP contribution < -0.4 is 10.6 Å². The van der Waals surface area contributed by atoms with E-state index in [1.54, 1.807) is 30.5 Å². The lowest BCUT2D eigenvalue weighted by Crippen LogP contribution is -2.21. The molecule has 0 aliphatic rings. The highest BCUT2D eigenvalue weighted by Crippen LogP contribution is 2.19. The van der Waals surface area contributed by atoms with Gasteiger partial charge in [-0.1, -0.05) is 38.1 Å². The standard InChI is InChI=1S/C23H24N2O4/c1-16(2)17-9-11-18(12-10-17)25-22(26)15-29-23(27)20-7-3-4-8-21(20)24-14-19-6-5-13-28-19/h3-13,16,24H,14-15H2,1-2H3,(H,25,26). The van der Waals surface area contributed by atoms with Crippen molar-refractivity contribution in [2.24, 2.45) is 0 Å². The summed E-state index contributed by atoms with van der Waals surface area (Å²) in [7, 11) is 0. The van der Waals surface area contributed by atoms with E-state index in [0.717, 1.165) is 5.76 Å². The number of furan rings is 1. The maximum absolute atomic E-state index is 12.4. The zero-order valence-electron chi connectivity index (χ0n) is 16.5. The van der Waals surface area contributed by atoms with Gasteiger partial charge in [0.25, 0.3) is 5.91 Å². The largest absolute Gasteiger partial charge is 0.467 e. The number of hydrogen-bond donors (Lipinski definition) is 2. The van der Waals surface area contributed by atoms with Gasteiger partial charge in [-0.3, -0.25) is 4.79 Å². The number of rotatable bonds is 8. The number of anilines is 2. The van der Waals surface area contributed by atoms with E-state index < -0.39 is 11.9 Å². The van der Waals surface area contributed by atoms with Gasteiger partial charge < -0.3 is 19.8 Å². The van der Waals surface area contributed by atoms with E-state index in [-0.39, 0.29) is 6.61 Å². The fraction of sp³-hybridized carbons (Fsp3) is 0.217. The molecule has 1 heterocycles. The average molecular weight is 392 g/mol. The molecule has 0 saturated carbocycles. The minimum atomic E-state index is -0.571. The Hall–Kier alpha value is -3.54. The van der Waals surface area contributed by atoms with E-state index in [1.807, 2.05) is 36.4 Å². The van der Waals surface area contributed by atoms with Crippen LogP contribution >= 0.6 is 0 Å². The van der Waals surface area contributed by atoms with Gasteiger partial charge >= 0.3 is 5.97 Å². The van der Waals surface area contributed by atoms with Crippen molar-refractivity contribution in [1.29, 1.82) is 0 Å². The summed E-state index contributed by atoms with van der Waals surface area (Å²) in [5.41, 5.74) is 2.82. The molecule has 0 saturated heterocycles. The lowest BCUT2D eigenvalue weighted by atomic mass is 10.0. The molecule has 6 heteroatoms. The highest BCUT2D eigenvalue weighted by atomic mass is 16.5. The Morgan fingerprint density at radius 2 is 1.76 bits per heavy atom. The van der Waals surface area contributed by atoms with Crippen molar-refractivity contribution in [2.75, 3.05) is 17.2 Å². The van der Waals surface area contributed by atoms with Crippen LogP contribution in [0.2, 0.25) is 0 Å². The minimum absolute atomic E-state index is 0.355. The first kappa shape index (κ1) is 20.2. The second kappa shape index (κ2) is 9.59. The Balaban J connectivity index is 1.54. The first-order valence-corrected chi connectivity index (χ1v) is 9.45. The van der Waals surface area contributed by atoms with Gasteiger partial charge in [0.2, 0.25) is 0 Å². The Bertz CT molecular complexity index is 947. The molecule has 0 unspecified atom stereocenters. The predicted molar refractivity (Wildman–Crippen MR) is 112 cm³/mol. The van der Waals surface area contributed by atoms with E-state index in [1.165, 1.54) is 5.56 Å². The van der Waals surface area contributed by atoms with Gasteiger partial charge in [-0.25, -0.2) is 4.79 Å². The van der Waals surface area contributed by atoms with Crippen molar-refractivity contribution in [2.45, 2.75) is 26.3 Å². The van der Waals surface area contributed by atoms with Crippen LogP contribution in [-0.4, -0.2) is 18.5 Å². The second-order valence-corrected chi connectivity index (χ2v) is 6.88. The maximum atomic E-state index is 12.4. The molecule has 1 amide bonds. The fourth-order valence-corrected chi connectivity index (χ4v) is 2.77. The Morgan fingerprint density at radius 1 is 1.00 bits per heavy atom. The molecule has 6 nitrogen and oxygen atoms in total. The van der Waals surface area contributed by atoms with Crippen LogP contribution in [0.25, 0.3) is 0 Å². The summed E-state index contributed by atoms with van der Waals surface area (Å²) in [6.07, 6.45) is 1.59. The highest BCUT2D eigenvalue weighted by molar-refractivity contribution is 5.98. The number of amides is 1. The number of ether oxygens (including phenoxy) is 1. The lowest BCUT2D eigenvalue weighted by Gasteiger charge is -2.11. The predicted octanol–water partition coefficient (Wildman–Crippen LogP) is 4.81. The van der Waals surface area contributed by atoms with Crippen LogP contribution in [0, 0.1) is 0 Å². The molecule has 3 rings (SSSR count). The molecule has 1 aromatic heterocycles. The zero-order valence-corrected chi connectivity index (χ0v) is 16.5. The minimum Gasteiger partial charge on any atom is -0.467 e. The van der Waals surface area contributed by atoms with Crippen LogP contribution in [0.1, 0.15) is 41.4 Å². The number of esters is 1. The molecule has 2 aromatic carbocycles. The molecule has 0 radical (unpaired) electrons. The summed E-state index contributed by atoms with van der Waals surface area (Å²) in [6.45, 7) is 4.28. The average Bonchev–Trinajstić information content (AvgIpc) is 3.25. The van der Waals surface area contributed by atoms with Crippen molar-refractivity contribution in [3.8, 4) is 0 Å². The molecule has 2 N–H and O–H groups in total. The van der Waals surface area contributed by atoms with Gasteiger partial charge in [-0.05, 0) is 47.9 Å². The Morgan fingerprint density at radius 3 is 2.45 bits per heavy atom. The molecular weight excluding hydrogens is 368 g/mol. The molecule has 29 heavy (non-hydrogen) atoms. The van der Waals surface area contributed by atoms with E-state index in [9.17, 15) is 9.59 Å². The first-order valence-electron chi connectivity index (χ1n) is 9.45. The van der Waals surface area contributed by atoms with Gasteiger partial charge in [0.15, 0.2) is 6.61 Å². The lowest BCUT2D eigenvalue weighted by molar-refractivity contribution is -0.119. The second-order valence-electron chi connectivity index (χ2n) is 6.88. The highest BCUT2D eigenvalue weighted by Gasteiger charge is 2.14.